The van der Waals surface area contributed by atoms with Gasteiger partial charge in [-0.15, -0.1) is 0 Å². The van der Waals surface area contributed by atoms with Gasteiger partial charge in [-0.2, -0.15) is 0 Å². The van der Waals surface area contributed by atoms with E-state index in [1.54, 1.807) is 0 Å². The number of nitrogens with zero attached hydrogens (tertiary/aromatic N) is 3. The van der Waals surface area contributed by atoms with Gasteiger partial charge in [-0.25, -0.2) is 9.97 Å². The lowest BCUT2D eigenvalue weighted by Crippen LogP contribution is -1.99. The van der Waals surface area contributed by atoms with E-state index in [4.69, 9.17) is 16.7 Å². The van der Waals surface area contributed by atoms with Crippen molar-refractivity contribution in [2.45, 2.75) is 13.0 Å². The molecule has 14 heavy (non-hydrogen) atoms. The van der Waals surface area contributed by atoms with E-state index < -0.39 is 0 Å². The maximum Gasteiger partial charge on any atom is 0.156 e. The Morgan fingerprint density at radius 1 is 1.43 bits per heavy atom. The predicted molar refractivity (Wildman–Crippen MR) is 54.2 cm³/mol. The first-order valence-electron chi connectivity index (χ1n) is 4.39. The van der Waals surface area contributed by atoms with Crippen molar-refractivity contribution in [2.24, 2.45) is 0 Å². The summed E-state index contributed by atoms with van der Waals surface area (Å²) >= 11 is 5.95. The summed E-state index contributed by atoms with van der Waals surface area (Å²) in [6, 6.07) is 1.89. The standard InChI is InChI=1S/C9H10ClN3O/c10-9-8-7(11-6-12-9)2-4-13(8)3-1-5-14/h2,4,6,14H,1,3,5H2. The summed E-state index contributed by atoms with van der Waals surface area (Å²) < 4.78 is 1.95. The maximum absolute atomic E-state index is 8.73. The highest BCUT2D eigenvalue weighted by molar-refractivity contribution is 6.33. The van der Waals surface area contributed by atoms with Crippen LogP contribution < -0.4 is 0 Å². The molecule has 0 saturated heterocycles. The first-order chi connectivity index (χ1) is 6.83. The van der Waals surface area contributed by atoms with Gasteiger partial charge in [-0.05, 0) is 12.5 Å². The Morgan fingerprint density at radius 2 is 2.29 bits per heavy atom. The van der Waals surface area contributed by atoms with Crippen LogP contribution in [0.4, 0.5) is 0 Å². The first kappa shape index (κ1) is 9.43. The quantitative estimate of drug-likeness (QED) is 0.783. The van der Waals surface area contributed by atoms with Gasteiger partial charge >= 0.3 is 0 Å². The molecule has 0 amide bonds. The molecule has 0 bridgehead atoms. The van der Waals surface area contributed by atoms with Crippen molar-refractivity contribution in [3.8, 4) is 0 Å². The van der Waals surface area contributed by atoms with Crippen LogP contribution in [0.5, 0.6) is 0 Å². The first-order valence-corrected chi connectivity index (χ1v) is 4.77. The number of aliphatic hydroxyl groups excluding tert-OH is 1. The van der Waals surface area contributed by atoms with E-state index in [9.17, 15) is 0 Å². The second-order valence-corrected chi connectivity index (χ2v) is 3.34. The molecule has 2 aromatic heterocycles. The van der Waals surface area contributed by atoms with E-state index in [2.05, 4.69) is 9.97 Å². The van der Waals surface area contributed by atoms with E-state index >= 15 is 0 Å². The summed E-state index contributed by atoms with van der Waals surface area (Å²) in [6.07, 6.45) is 4.05. The van der Waals surface area contributed by atoms with Crippen molar-refractivity contribution in [3.63, 3.8) is 0 Å². The van der Waals surface area contributed by atoms with Gasteiger partial charge in [0, 0.05) is 19.3 Å². The SMILES string of the molecule is OCCCn1ccc2ncnc(Cl)c21. The third-order valence-electron chi connectivity index (χ3n) is 2.06. The smallest absolute Gasteiger partial charge is 0.156 e. The zero-order chi connectivity index (χ0) is 9.97. The monoisotopic (exact) mass is 211 g/mol. The van der Waals surface area contributed by atoms with Gasteiger partial charge in [0.2, 0.25) is 0 Å². The number of hydrogen-bond acceptors (Lipinski definition) is 3. The van der Waals surface area contributed by atoms with E-state index in [0.29, 0.717) is 11.6 Å². The van der Waals surface area contributed by atoms with Crippen LogP contribution in [-0.4, -0.2) is 26.2 Å². The number of aliphatic hydroxyl groups is 1. The third kappa shape index (κ3) is 1.58. The molecule has 74 valence electrons. The number of hydrogen-bond donors (Lipinski definition) is 1. The van der Waals surface area contributed by atoms with Crippen LogP contribution >= 0.6 is 11.6 Å². The Morgan fingerprint density at radius 3 is 3.07 bits per heavy atom. The second-order valence-electron chi connectivity index (χ2n) is 2.98. The van der Waals surface area contributed by atoms with Gasteiger partial charge in [-0.1, -0.05) is 11.6 Å². The van der Waals surface area contributed by atoms with Crippen molar-refractivity contribution in [2.75, 3.05) is 6.61 Å². The molecule has 0 radical (unpaired) electrons. The van der Waals surface area contributed by atoms with Crippen molar-refractivity contribution < 1.29 is 5.11 Å². The third-order valence-corrected chi connectivity index (χ3v) is 2.34. The fraction of sp³-hybridized carbons (Fsp3) is 0.333. The molecule has 2 heterocycles. The highest BCUT2D eigenvalue weighted by Gasteiger charge is 2.06. The second kappa shape index (κ2) is 3.94. The molecule has 2 aromatic rings. The largest absolute Gasteiger partial charge is 0.396 e. The zero-order valence-electron chi connectivity index (χ0n) is 7.52. The molecule has 0 spiro atoms. The van der Waals surface area contributed by atoms with Gasteiger partial charge in [0.15, 0.2) is 5.15 Å². The van der Waals surface area contributed by atoms with Crippen molar-refractivity contribution in [3.05, 3.63) is 23.7 Å². The Hall–Kier alpha value is -1.13. The fourth-order valence-corrected chi connectivity index (χ4v) is 1.67. The van der Waals surface area contributed by atoms with Gasteiger partial charge < -0.3 is 9.67 Å². The summed E-state index contributed by atoms with van der Waals surface area (Å²) in [6.45, 7) is 0.901. The summed E-state index contributed by atoms with van der Waals surface area (Å²) in [7, 11) is 0. The summed E-state index contributed by atoms with van der Waals surface area (Å²) in [5.41, 5.74) is 1.67. The molecule has 0 aliphatic carbocycles. The minimum absolute atomic E-state index is 0.172. The number of aromatic nitrogens is 3. The Kier molecular flexibility index (Phi) is 2.65. The van der Waals surface area contributed by atoms with Crippen LogP contribution in [0.3, 0.4) is 0 Å². The van der Waals surface area contributed by atoms with Crippen LogP contribution in [-0.2, 0) is 6.54 Å². The maximum atomic E-state index is 8.73. The lowest BCUT2D eigenvalue weighted by molar-refractivity contribution is 0.280. The molecule has 4 nitrogen and oxygen atoms in total. The van der Waals surface area contributed by atoms with Crippen LogP contribution in [0.25, 0.3) is 11.0 Å². The Bertz CT molecular complexity index is 441. The molecule has 0 fully saturated rings. The molecule has 0 aromatic carbocycles. The van der Waals surface area contributed by atoms with Gasteiger partial charge in [0.1, 0.15) is 11.8 Å². The zero-order valence-corrected chi connectivity index (χ0v) is 8.28. The van der Waals surface area contributed by atoms with E-state index in [1.165, 1.54) is 6.33 Å². The van der Waals surface area contributed by atoms with Crippen molar-refractivity contribution >= 4 is 22.6 Å². The minimum atomic E-state index is 0.172. The molecule has 0 aliphatic heterocycles. The fourth-order valence-electron chi connectivity index (χ4n) is 1.42. The van der Waals surface area contributed by atoms with Gasteiger partial charge in [0.05, 0.1) is 5.52 Å². The molecular formula is C9H10ClN3O. The van der Waals surface area contributed by atoms with Crippen molar-refractivity contribution in [1.29, 1.82) is 0 Å². The summed E-state index contributed by atoms with van der Waals surface area (Å²) in [5.74, 6) is 0. The van der Waals surface area contributed by atoms with Gasteiger partial charge in [0.25, 0.3) is 0 Å². The van der Waals surface area contributed by atoms with E-state index in [0.717, 1.165) is 17.6 Å². The minimum Gasteiger partial charge on any atom is -0.396 e. The molecule has 0 saturated carbocycles. The molecule has 1 N–H and O–H groups in total. The predicted octanol–water partition coefficient (Wildman–Crippen LogP) is 1.47. The van der Waals surface area contributed by atoms with Crippen molar-refractivity contribution in [1.82, 2.24) is 14.5 Å². The number of rotatable bonds is 3. The molecule has 0 aliphatic rings. The van der Waals surface area contributed by atoms with Crippen LogP contribution in [0.1, 0.15) is 6.42 Å². The summed E-state index contributed by atoms with van der Waals surface area (Å²) in [4.78, 5) is 8.01. The molecule has 0 atom stereocenters. The molecule has 0 unspecified atom stereocenters. The van der Waals surface area contributed by atoms with E-state index in [1.807, 2.05) is 16.8 Å². The average Bonchev–Trinajstić information content (AvgIpc) is 2.59. The number of halogens is 1. The molecule has 5 heteroatoms. The molecular weight excluding hydrogens is 202 g/mol. The van der Waals surface area contributed by atoms with Crippen LogP contribution in [0, 0.1) is 0 Å². The number of fused-ring (bicyclic) bond motifs is 1. The normalized spacial score (nSPS) is 11.0. The summed E-state index contributed by atoms with van der Waals surface area (Å²) in [5, 5.41) is 9.19. The lowest BCUT2D eigenvalue weighted by Gasteiger charge is -2.03. The highest BCUT2D eigenvalue weighted by Crippen LogP contribution is 2.20. The Balaban J connectivity index is 2.45. The van der Waals surface area contributed by atoms with E-state index in [-0.39, 0.29) is 6.61 Å². The van der Waals surface area contributed by atoms with Crippen LogP contribution in [0.15, 0.2) is 18.6 Å². The number of aryl methyl sites for hydroxylation is 1. The lowest BCUT2D eigenvalue weighted by atomic mass is 10.4. The average molecular weight is 212 g/mol. The van der Waals surface area contributed by atoms with Gasteiger partial charge in [-0.3, -0.25) is 0 Å². The topological polar surface area (TPSA) is 50.9 Å². The van der Waals surface area contributed by atoms with Crippen LogP contribution in [0.2, 0.25) is 5.15 Å². The molecule has 2 rings (SSSR count). The highest BCUT2D eigenvalue weighted by atomic mass is 35.5. The Labute approximate surface area is 86.2 Å².